The Bertz CT molecular complexity index is 675. The van der Waals surface area contributed by atoms with Crippen LogP contribution in [0.4, 0.5) is 4.39 Å². The van der Waals surface area contributed by atoms with Crippen molar-refractivity contribution in [2.45, 2.75) is 19.9 Å². The van der Waals surface area contributed by atoms with Crippen molar-refractivity contribution in [2.75, 3.05) is 0 Å². The molecule has 0 fully saturated rings. The first-order valence-electron chi connectivity index (χ1n) is 5.67. The molecule has 6 heteroatoms. The van der Waals surface area contributed by atoms with E-state index in [1.165, 1.54) is 16.7 Å². The predicted molar refractivity (Wildman–Crippen MR) is 71.0 cm³/mol. The van der Waals surface area contributed by atoms with Gasteiger partial charge in [0.1, 0.15) is 5.82 Å². The van der Waals surface area contributed by atoms with E-state index < -0.39 is 5.97 Å². The molecule has 0 atom stereocenters. The van der Waals surface area contributed by atoms with E-state index in [9.17, 15) is 14.0 Å². The number of thiazole rings is 1. The molecule has 1 heterocycles. The normalized spacial score (nSPS) is 10.6. The van der Waals surface area contributed by atoms with Crippen LogP contribution in [0, 0.1) is 12.7 Å². The zero-order valence-electron chi connectivity index (χ0n) is 10.2. The zero-order valence-corrected chi connectivity index (χ0v) is 11.0. The van der Waals surface area contributed by atoms with Crippen LogP contribution < -0.4 is 4.87 Å². The lowest BCUT2D eigenvalue weighted by Gasteiger charge is -2.08. The third kappa shape index (κ3) is 2.90. The van der Waals surface area contributed by atoms with Crippen LogP contribution in [0.1, 0.15) is 11.3 Å². The molecule has 4 nitrogen and oxygen atoms in total. The van der Waals surface area contributed by atoms with Gasteiger partial charge >= 0.3 is 10.8 Å². The van der Waals surface area contributed by atoms with Gasteiger partial charge in [0, 0.05) is 17.0 Å². The molecule has 0 amide bonds. The quantitative estimate of drug-likeness (QED) is 0.936. The fourth-order valence-corrected chi connectivity index (χ4v) is 2.80. The predicted octanol–water partition coefficient (Wildman–Crippen LogP) is 2.50. The molecule has 2 rings (SSSR count). The number of hydrogen-bond acceptors (Lipinski definition) is 3. The van der Waals surface area contributed by atoms with Crippen molar-refractivity contribution in [3.05, 3.63) is 44.6 Å². The summed E-state index contributed by atoms with van der Waals surface area (Å²) in [5.74, 6) is -1.36. The summed E-state index contributed by atoms with van der Waals surface area (Å²) in [4.78, 5) is 23.0. The number of carboxylic acids is 1. The molecule has 1 aromatic heterocycles. The molecule has 0 spiro atoms. The number of halogens is 1. The Morgan fingerprint density at radius 3 is 2.84 bits per heavy atom. The van der Waals surface area contributed by atoms with Gasteiger partial charge in [-0.2, -0.15) is 0 Å². The molecule has 2 aromatic rings. The maximum atomic E-state index is 13.3. The maximum Gasteiger partial charge on any atom is 0.307 e. The van der Waals surface area contributed by atoms with Crippen LogP contribution in [0.15, 0.2) is 29.1 Å². The van der Waals surface area contributed by atoms with Gasteiger partial charge in [-0.3, -0.25) is 14.2 Å². The van der Waals surface area contributed by atoms with Crippen molar-refractivity contribution in [3.63, 3.8) is 0 Å². The third-order valence-electron chi connectivity index (χ3n) is 2.71. The lowest BCUT2D eigenvalue weighted by Crippen LogP contribution is -2.16. The topological polar surface area (TPSA) is 59.3 Å². The first-order chi connectivity index (χ1) is 8.99. The molecule has 0 saturated heterocycles. The van der Waals surface area contributed by atoms with E-state index >= 15 is 0 Å². The highest BCUT2D eigenvalue weighted by Gasteiger charge is 2.14. The molecule has 0 bridgehead atoms. The first kappa shape index (κ1) is 13.5. The van der Waals surface area contributed by atoms with Crippen molar-refractivity contribution in [3.8, 4) is 11.3 Å². The number of benzene rings is 1. The second kappa shape index (κ2) is 5.36. The van der Waals surface area contributed by atoms with Gasteiger partial charge in [0.25, 0.3) is 0 Å². The van der Waals surface area contributed by atoms with Gasteiger partial charge in [0.2, 0.25) is 0 Å². The van der Waals surface area contributed by atoms with Gasteiger partial charge in [0.15, 0.2) is 0 Å². The summed E-state index contributed by atoms with van der Waals surface area (Å²) in [5, 5.41) is 8.71. The second-order valence-corrected chi connectivity index (χ2v) is 5.24. The average molecular weight is 281 g/mol. The van der Waals surface area contributed by atoms with Crippen LogP contribution in [0.25, 0.3) is 11.3 Å². The molecule has 0 saturated carbocycles. The fourth-order valence-electron chi connectivity index (χ4n) is 1.92. The van der Waals surface area contributed by atoms with E-state index in [4.69, 9.17) is 5.11 Å². The fraction of sp³-hybridized carbons (Fsp3) is 0.231. The number of rotatable bonds is 4. The van der Waals surface area contributed by atoms with Crippen molar-refractivity contribution in [2.24, 2.45) is 0 Å². The van der Waals surface area contributed by atoms with E-state index in [1.54, 1.807) is 19.1 Å². The summed E-state index contributed by atoms with van der Waals surface area (Å²) in [6.07, 6.45) is -0.140. The van der Waals surface area contributed by atoms with Crippen LogP contribution in [0.3, 0.4) is 0 Å². The van der Waals surface area contributed by atoms with Crippen molar-refractivity contribution < 1.29 is 14.3 Å². The number of nitrogens with zero attached hydrogens (tertiary/aromatic N) is 1. The lowest BCUT2D eigenvalue weighted by molar-refractivity contribution is -0.137. The minimum absolute atomic E-state index is 0.0877. The monoisotopic (exact) mass is 281 g/mol. The zero-order chi connectivity index (χ0) is 14.0. The molecule has 1 N–H and O–H groups in total. The smallest absolute Gasteiger partial charge is 0.307 e. The van der Waals surface area contributed by atoms with E-state index in [0.29, 0.717) is 11.3 Å². The van der Waals surface area contributed by atoms with Crippen molar-refractivity contribution in [1.82, 2.24) is 4.57 Å². The van der Waals surface area contributed by atoms with Gasteiger partial charge in [-0.15, -0.1) is 0 Å². The summed E-state index contributed by atoms with van der Waals surface area (Å²) in [5.41, 5.74) is 1.18. The molecule has 0 aliphatic rings. The second-order valence-electron chi connectivity index (χ2n) is 4.08. The molecule has 0 aliphatic carbocycles. The molecular formula is C13H12FNO3S. The Balaban J connectivity index is 2.50. The number of aryl methyl sites for hydroxylation is 1. The Labute approximate surface area is 112 Å². The number of aromatic nitrogens is 1. The first-order valence-corrected chi connectivity index (χ1v) is 6.48. The van der Waals surface area contributed by atoms with Crippen LogP contribution in [-0.4, -0.2) is 15.6 Å². The summed E-state index contributed by atoms with van der Waals surface area (Å²) in [6, 6.07) is 5.93. The van der Waals surface area contributed by atoms with Crippen molar-refractivity contribution in [1.29, 1.82) is 0 Å². The number of carbonyl (C=O) groups is 1. The molecule has 19 heavy (non-hydrogen) atoms. The van der Waals surface area contributed by atoms with Crippen LogP contribution in [-0.2, 0) is 11.3 Å². The maximum absolute atomic E-state index is 13.3. The van der Waals surface area contributed by atoms with Gasteiger partial charge in [-0.25, -0.2) is 4.39 Å². The molecule has 0 aliphatic heterocycles. The lowest BCUT2D eigenvalue weighted by atomic mass is 10.1. The number of hydrogen-bond donors (Lipinski definition) is 1. The molecule has 100 valence electrons. The van der Waals surface area contributed by atoms with E-state index in [2.05, 4.69) is 0 Å². The Hall–Kier alpha value is -1.95. The minimum Gasteiger partial charge on any atom is -0.481 e. The highest BCUT2D eigenvalue weighted by Crippen LogP contribution is 2.25. The standard InChI is InChI=1S/C13H12FNO3S/c1-8-12(9-3-2-4-10(14)7-9)15(13(18)19-8)6-5-11(16)17/h2-4,7H,5-6H2,1H3,(H,16,17). The highest BCUT2D eigenvalue weighted by atomic mass is 32.1. The highest BCUT2D eigenvalue weighted by molar-refractivity contribution is 7.09. The van der Waals surface area contributed by atoms with Crippen LogP contribution >= 0.6 is 11.3 Å². The molecular weight excluding hydrogens is 269 g/mol. The summed E-state index contributed by atoms with van der Waals surface area (Å²) < 4.78 is 14.7. The summed E-state index contributed by atoms with van der Waals surface area (Å²) in [6.45, 7) is 1.86. The van der Waals surface area contributed by atoms with Crippen LogP contribution in [0.2, 0.25) is 0 Å². The van der Waals surface area contributed by atoms with E-state index in [1.807, 2.05) is 0 Å². The average Bonchev–Trinajstić information content (AvgIpc) is 2.61. The minimum atomic E-state index is -0.971. The largest absolute Gasteiger partial charge is 0.481 e. The van der Waals surface area contributed by atoms with Gasteiger partial charge in [0.05, 0.1) is 12.1 Å². The Morgan fingerprint density at radius 2 is 2.21 bits per heavy atom. The van der Waals surface area contributed by atoms with Crippen LogP contribution in [0.5, 0.6) is 0 Å². The van der Waals surface area contributed by atoms with Crippen molar-refractivity contribution >= 4 is 17.3 Å². The molecule has 0 unspecified atom stereocenters. The van der Waals surface area contributed by atoms with Gasteiger partial charge in [-0.1, -0.05) is 23.5 Å². The molecule has 0 radical (unpaired) electrons. The van der Waals surface area contributed by atoms with E-state index in [-0.39, 0.29) is 23.7 Å². The molecule has 1 aromatic carbocycles. The number of aliphatic carboxylic acids is 1. The number of carboxylic acid groups (broad SMARTS) is 1. The van der Waals surface area contributed by atoms with Gasteiger partial charge < -0.3 is 5.11 Å². The Kier molecular flexibility index (Phi) is 3.80. The Morgan fingerprint density at radius 1 is 1.47 bits per heavy atom. The summed E-state index contributed by atoms with van der Waals surface area (Å²) in [7, 11) is 0. The van der Waals surface area contributed by atoms with Gasteiger partial charge in [-0.05, 0) is 19.1 Å². The van der Waals surface area contributed by atoms with E-state index in [0.717, 1.165) is 16.2 Å². The SMILES string of the molecule is Cc1sc(=O)n(CCC(=O)O)c1-c1cccc(F)c1. The third-order valence-corrected chi connectivity index (χ3v) is 3.61. The summed E-state index contributed by atoms with van der Waals surface area (Å²) >= 11 is 1.04.